The molecule has 0 fully saturated rings. The topological polar surface area (TPSA) is 92.9 Å². The van der Waals surface area contributed by atoms with Crippen molar-refractivity contribution in [3.63, 3.8) is 0 Å². The fraction of sp³-hybridized carbons (Fsp3) is 0.316. The molecule has 2 rings (SSSR count). The Morgan fingerprint density at radius 1 is 1.04 bits per heavy atom. The molecular weight excluding hydrogens is 405 g/mol. The number of ether oxygens (including phenoxy) is 1. The van der Waals surface area contributed by atoms with Crippen LogP contribution in [0.25, 0.3) is 10.8 Å². The van der Waals surface area contributed by atoms with E-state index in [0.29, 0.717) is 22.6 Å². The summed E-state index contributed by atoms with van der Waals surface area (Å²) in [5.41, 5.74) is 0.767. The molecular formula is C19H21Cl2N3O4. The van der Waals surface area contributed by atoms with Gasteiger partial charge < -0.3 is 9.64 Å². The smallest absolute Gasteiger partial charge is 0.278 e. The Kier molecular flexibility index (Phi) is 7.62. The lowest BCUT2D eigenvalue weighted by Crippen LogP contribution is -2.43. The molecule has 0 heterocycles. The Balaban J connectivity index is 2.56. The summed E-state index contributed by atoms with van der Waals surface area (Å²) in [6.45, 7) is 2.47. The van der Waals surface area contributed by atoms with Crippen molar-refractivity contribution in [1.29, 1.82) is 0 Å². The molecule has 7 nitrogen and oxygen atoms in total. The number of halogens is 2. The molecule has 2 aromatic rings. The number of methoxy groups -OCH3 is 1. The van der Waals surface area contributed by atoms with Gasteiger partial charge in [-0.25, -0.2) is 10.9 Å². The van der Waals surface area contributed by atoms with E-state index in [0.717, 1.165) is 11.8 Å². The predicted octanol–water partition coefficient (Wildman–Crippen LogP) is 2.91. The first-order chi connectivity index (χ1) is 13.4. The van der Waals surface area contributed by atoms with Crippen LogP contribution in [0.5, 0.6) is 5.75 Å². The molecule has 0 aliphatic rings. The van der Waals surface area contributed by atoms with Crippen molar-refractivity contribution in [3.8, 4) is 5.75 Å². The van der Waals surface area contributed by atoms with Crippen LogP contribution in [-0.4, -0.2) is 48.1 Å². The number of carbonyl (C=O) groups excluding carboxylic acids is 3. The highest BCUT2D eigenvalue weighted by Gasteiger charge is 2.23. The Labute approximate surface area is 172 Å². The van der Waals surface area contributed by atoms with Crippen molar-refractivity contribution in [2.45, 2.75) is 13.3 Å². The van der Waals surface area contributed by atoms with Gasteiger partial charge in [0.15, 0.2) is 0 Å². The van der Waals surface area contributed by atoms with E-state index in [1.807, 2.05) is 13.0 Å². The van der Waals surface area contributed by atoms with Gasteiger partial charge >= 0.3 is 0 Å². The maximum atomic E-state index is 12.6. The molecule has 0 aliphatic heterocycles. The van der Waals surface area contributed by atoms with Crippen LogP contribution in [0.3, 0.4) is 0 Å². The van der Waals surface area contributed by atoms with Gasteiger partial charge in [-0.3, -0.25) is 14.4 Å². The van der Waals surface area contributed by atoms with Crippen LogP contribution in [0.2, 0.25) is 0 Å². The van der Waals surface area contributed by atoms with Gasteiger partial charge in [0.1, 0.15) is 17.5 Å². The number of hydrazine groups is 1. The number of benzene rings is 2. The molecule has 0 spiro atoms. The number of hydrogen-bond acceptors (Lipinski definition) is 5. The van der Waals surface area contributed by atoms with E-state index in [2.05, 4.69) is 0 Å². The number of imide groups is 1. The van der Waals surface area contributed by atoms with Crippen molar-refractivity contribution in [2.75, 3.05) is 30.3 Å². The minimum atomic E-state index is -0.739. The summed E-state index contributed by atoms with van der Waals surface area (Å²) in [6.07, 6.45) is 0.760. The number of alkyl halides is 2. The first kappa shape index (κ1) is 21.9. The second kappa shape index (κ2) is 9.73. The van der Waals surface area contributed by atoms with E-state index in [1.54, 1.807) is 29.2 Å². The minimum absolute atomic E-state index is 0.110. The van der Waals surface area contributed by atoms with Gasteiger partial charge in [0, 0.05) is 12.2 Å². The molecule has 9 heteroatoms. The lowest BCUT2D eigenvalue weighted by Gasteiger charge is -2.22. The highest BCUT2D eigenvalue weighted by Crippen LogP contribution is 2.30. The van der Waals surface area contributed by atoms with Gasteiger partial charge in [0.25, 0.3) is 11.8 Å². The number of nitrogens with two attached hydrogens (primary N) is 1. The number of nitrogens with zero attached hydrogens (tertiary/aromatic N) is 2. The molecule has 0 radical (unpaired) electrons. The van der Waals surface area contributed by atoms with E-state index in [1.165, 1.54) is 7.11 Å². The highest BCUT2D eigenvalue weighted by atomic mass is 35.5. The molecule has 2 aromatic carbocycles. The number of amides is 3. The quantitative estimate of drug-likeness (QED) is 0.318. The van der Waals surface area contributed by atoms with E-state index >= 15 is 0 Å². The summed E-state index contributed by atoms with van der Waals surface area (Å²) in [5, 5.41) is 1.93. The zero-order valence-electron chi connectivity index (χ0n) is 15.6. The van der Waals surface area contributed by atoms with Gasteiger partial charge in [0.2, 0.25) is 5.91 Å². The Morgan fingerprint density at radius 3 is 2.29 bits per heavy atom. The fourth-order valence-electron chi connectivity index (χ4n) is 2.77. The van der Waals surface area contributed by atoms with Gasteiger partial charge in [0.05, 0.1) is 12.7 Å². The highest BCUT2D eigenvalue weighted by molar-refractivity contribution is 6.29. The van der Waals surface area contributed by atoms with Gasteiger partial charge in [-0.05, 0) is 41.5 Å². The molecule has 0 bridgehead atoms. The monoisotopic (exact) mass is 425 g/mol. The minimum Gasteiger partial charge on any atom is -0.496 e. The molecule has 28 heavy (non-hydrogen) atoms. The molecule has 0 saturated heterocycles. The number of fused-ring (bicyclic) bond motifs is 1. The van der Waals surface area contributed by atoms with Crippen molar-refractivity contribution in [3.05, 3.63) is 35.9 Å². The van der Waals surface area contributed by atoms with Crippen molar-refractivity contribution < 1.29 is 19.1 Å². The van der Waals surface area contributed by atoms with Gasteiger partial charge in [-0.1, -0.05) is 13.0 Å². The van der Waals surface area contributed by atoms with Crippen molar-refractivity contribution >= 4 is 57.4 Å². The summed E-state index contributed by atoms with van der Waals surface area (Å²) in [7, 11) is 1.42. The lowest BCUT2D eigenvalue weighted by atomic mass is 10.0. The predicted molar refractivity (Wildman–Crippen MR) is 110 cm³/mol. The third-order valence-corrected chi connectivity index (χ3v) is 4.61. The Hall–Kier alpha value is -2.35. The van der Waals surface area contributed by atoms with Crippen LogP contribution >= 0.6 is 23.2 Å². The average Bonchev–Trinajstić information content (AvgIpc) is 2.73. The zero-order valence-corrected chi connectivity index (χ0v) is 17.1. The largest absolute Gasteiger partial charge is 0.496 e. The van der Waals surface area contributed by atoms with E-state index in [9.17, 15) is 14.4 Å². The average molecular weight is 426 g/mol. The SMILES string of the molecule is CCCN(C(=O)CCl)c1ccc2cc(OC)c(C(=O)N(N)C(=O)CCl)cc2c1. The Morgan fingerprint density at radius 2 is 1.71 bits per heavy atom. The molecule has 150 valence electrons. The van der Waals surface area contributed by atoms with Crippen LogP contribution in [0, 0.1) is 0 Å². The second-order valence-corrected chi connectivity index (χ2v) is 6.50. The second-order valence-electron chi connectivity index (χ2n) is 5.97. The van der Waals surface area contributed by atoms with E-state index < -0.39 is 17.7 Å². The third kappa shape index (κ3) is 4.55. The summed E-state index contributed by atoms with van der Waals surface area (Å²) in [6, 6.07) is 8.62. The molecule has 0 unspecified atom stereocenters. The zero-order chi connectivity index (χ0) is 20.8. The molecule has 0 aliphatic carbocycles. The van der Waals surface area contributed by atoms with Gasteiger partial charge in [-0.15, -0.1) is 23.2 Å². The molecule has 0 aromatic heterocycles. The van der Waals surface area contributed by atoms with Crippen LogP contribution < -0.4 is 15.5 Å². The standard InChI is InChI=1S/C19H21Cl2N3O4/c1-3-6-23(17(25)10-20)14-5-4-12-9-16(28-2)15(8-13(12)7-14)19(27)24(22)18(26)11-21/h4-5,7-9H,3,6,10-11,22H2,1-2H3. The first-order valence-corrected chi connectivity index (χ1v) is 9.60. The number of rotatable bonds is 7. The summed E-state index contributed by atoms with van der Waals surface area (Å²) in [4.78, 5) is 38.0. The molecule has 0 saturated carbocycles. The molecule has 3 amide bonds. The Bertz CT molecular complexity index is 904. The van der Waals surface area contributed by atoms with E-state index in [4.69, 9.17) is 33.8 Å². The van der Waals surface area contributed by atoms with Crippen LogP contribution in [-0.2, 0) is 9.59 Å². The number of hydrogen-bond donors (Lipinski definition) is 1. The molecule has 0 atom stereocenters. The van der Waals surface area contributed by atoms with Crippen LogP contribution in [0.15, 0.2) is 30.3 Å². The number of anilines is 1. The fourth-order valence-corrected chi connectivity index (χ4v) is 3.04. The number of carbonyl (C=O) groups is 3. The maximum absolute atomic E-state index is 12.6. The summed E-state index contributed by atoms with van der Waals surface area (Å²) in [5.74, 6) is 3.60. The van der Waals surface area contributed by atoms with Crippen molar-refractivity contribution in [2.24, 2.45) is 5.84 Å². The van der Waals surface area contributed by atoms with Crippen molar-refractivity contribution in [1.82, 2.24) is 5.01 Å². The maximum Gasteiger partial charge on any atom is 0.278 e. The normalized spacial score (nSPS) is 10.6. The lowest BCUT2D eigenvalue weighted by molar-refractivity contribution is -0.126. The molecule has 2 N–H and O–H groups in total. The van der Waals surface area contributed by atoms with E-state index in [-0.39, 0.29) is 23.1 Å². The summed E-state index contributed by atoms with van der Waals surface area (Å²) >= 11 is 11.2. The van der Waals surface area contributed by atoms with Crippen LogP contribution in [0.4, 0.5) is 5.69 Å². The van der Waals surface area contributed by atoms with Crippen LogP contribution in [0.1, 0.15) is 23.7 Å². The summed E-state index contributed by atoms with van der Waals surface area (Å²) < 4.78 is 5.28. The first-order valence-electron chi connectivity index (χ1n) is 8.54. The third-order valence-electron chi connectivity index (χ3n) is 4.15. The van der Waals surface area contributed by atoms with Gasteiger partial charge in [-0.2, -0.15) is 0 Å².